The van der Waals surface area contributed by atoms with Crippen LogP contribution in [0.1, 0.15) is 29.7 Å². The first-order valence-corrected chi connectivity index (χ1v) is 10.5. The molecule has 0 atom stereocenters. The van der Waals surface area contributed by atoms with Crippen LogP contribution in [0.25, 0.3) is 11.5 Å². The van der Waals surface area contributed by atoms with Crippen LogP contribution >= 0.6 is 0 Å². The van der Waals surface area contributed by atoms with E-state index in [2.05, 4.69) is 45.3 Å². The molecule has 0 unspecified atom stereocenters. The fourth-order valence-electron chi connectivity index (χ4n) is 3.84. The van der Waals surface area contributed by atoms with E-state index in [9.17, 15) is 0 Å². The third kappa shape index (κ3) is 4.76. The number of likely N-dealkylation sites (tertiary alicyclic amines) is 1. The number of rotatable bonds is 6. The van der Waals surface area contributed by atoms with Crippen molar-refractivity contribution in [3.8, 4) is 17.3 Å². The molecule has 1 N–H and O–H groups in total. The van der Waals surface area contributed by atoms with Gasteiger partial charge in [0.05, 0.1) is 7.11 Å². The maximum Gasteiger partial charge on any atom is 0.180 e. The van der Waals surface area contributed by atoms with Gasteiger partial charge in [0.25, 0.3) is 0 Å². The Morgan fingerprint density at radius 1 is 1.07 bits per heavy atom. The highest BCUT2D eigenvalue weighted by molar-refractivity contribution is 5.56. The van der Waals surface area contributed by atoms with E-state index in [0.717, 1.165) is 61.0 Å². The SMILES string of the molecule is COc1cccc(CN2CCC(Nc3nc(-c4ccccn4)nc(C)c3C)CC2)c1. The first kappa shape index (κ1) is 20.3. The van der Waals surface area contributed by atoms with E-state index in [0.29, 0.717) is 11.9 Å². The molecule has 1 saturated heterocycles. The van der Waals surface area contributed by atoms with Crippen molar-refractivity contribution >= 4 is 5.82 Å². The number of aryl methyl sites for hydroxylation is 1. The number of piperidine rings is 1. The van der Waals surface area contributed by atoms with Gasteiger partial charge in [-0.3, -0.25) is 9.88 Å². The molecule has 1 aliphatic heterocycles. The lowest BCUT2D eigenvalue weighted by atomic mass is 10.0. The summed E-state index contributed by atoms with van der Waals surface area (Å²) in [6, 6.07) is 14.6. The van der Waals surface area contributed by atoms with E-state index in [4.69, 9.17) is 9.72 Å². The maximum absolute atomic E-state index is 5.34. The molecule has 6 heteroatoms. The van der Waals surface area contributed by atoms with Crippen molar-refractivity contribution in [2.24, 2.45) is 0 Å². The number of anilines is 1. The minimum atomic E-state index is 0.413. The van der Waals surface area contributed by atoms with Crippen LogP contribution in [0.4, 0.5) is 5.82 Å². The fourth-order valence-corrected chi connectivity index (χ4v) is 3.84. The van der Waals surface area contributed by atoms with Gasteiger partial charge in [0.15, 0.2) is 5.82 Å². The molecule has 0 bridgehead atoms. The number of nitrogens with one attached hydrogen (secondary N) is 1. The Morgan fingerprint density at radius 3 is 2.63 bits per heavy atom. The maximum atomic E-state index is 5.34. The number of aromatic nitrogens is 3. The first-order chi connectivity index (χ1) is 14.6. The van der Waals surface area contributed by atoms with Crippen molar-refractivity contribution in [1.82, 2.24) is 19.9 Å². The number of methoxy groups -OCH3 is 1. The normalized spacial score (nSPS) is 15.2. The molecule has 2 aromatic heterocycles. The van der Waals surface area contributed by atoms with E-state index in [1.165, 1.54) is 5.56 Å². The Morgan fingerprint density at radius 2 is 1.90 bits per heavy atom. The van der Waals surface area contributed by atoms with Gasteiger partial charge < -0.3 is 10.1 Å². The summed E-state index contributed by atoms with van der Waals surface area (Å²) in [5.74, 6) is 2.52. The molecule has 6 nitrogen and oxygen atoms in total. The number of benzene rings is 1. The van der Waals surface area contributed by atoms with Gasteiger partial charge in [0.1, 0.15) is 17.3 Å². The van der Waals surface area contributed by atoms with Crippen LogP contribution in [0.3, 0.4) is 0 Å². The van der Waals surface area contributed by atoms with Crippen molar-refractivity contribution in [3.63, 3.8) is 0 Å². The van der Waals surface area contributed by atoms with Gasteiger partial charge in [-0.25, -0.2) is 9.97 Å². The van der Waals surface area contributed by atoms with E-state index < -0.39 is 0 Å². The van der Waals surface area contributed by atoms with Gasteiger partial charge in [0.2, 0.25) is 0 Å². The Balaban J connectivity index is 1.39. The number of pyridine rings is 1. The molecule has 4 rings (SSSR count). The summed E-state index contributed by atoms with van der Waals surface area (Å²) < 4.78 is 5.34. The van der Waals surface area contributed by atoms with Crippen LogP contribution in [0, 0.1) is 13.8 Å². The summed E-state index contributed by atoms with van der Waals surface area (Å²) in [6.07, 6.45) is 3.95. The average Bonchev–Trinajstić information content (AvgIpc) is 2.79. The lowest BCUT2D eigenvalue weighted by Crippen LogP contribution is -2.39. The molecular weight excluding hydrogens is 374 g/mol. The Labute approximate surface area is 178 Å². The molecule has 0 saturated carbocycles. The zero-order valence-electron chi connectivity index (χ0n) is 17.9. The van der Waals surface area contributed by atoms with Gasteiger partial charge in [-0.1, -0.05) is 18.2 Å². The second-order valence-corrected chi connectivity index (χ2v) is 7.87. The topological polar surface area (TPSA) is 63.2 Å². The third-order valence-electron chi connectivity index (χ3n) is 5.75. The molecule has 0 aliphatic carbocycles. The van der Waals surface area contributed by atoms with Crippen molar-refractivity contribution in [2.75, 3.05) is 25.5 Å². The third-order valence-corrected chi connectivity index (χ3v) is 5.75. The smallest absolute Gasteiger partial charge is 0.180 e. The number of nitrogens with zero attached hydrogens (tertiary/aromatic N) is 4. The molecule has 3 heterocycles. The van der Waals surface area contributed by atoms with Crippen LogP contribution in [0.15, 0.2) is 48.7 Å². The van der Waals surface area contributed by atoms with Crippen LogP contribution in [-0.2, 0) is 6.54 Å². The number of hydrogen-bond acceptors (Lipinski definition) is 6. The van der Waals surface area contributed by atoms with E-state index in [1.807, 2.05) is 31.2 Å². The van der Waals surface area contributed by atoms with Crippen molar-refractivity contribution in [2.45, 2.75) is 39.3 Å². The lowest BCUT2D eigenvalue weighted by Gasteiger charge is -2.33. The predicted octanol–water partition coefficient (Wildman–Crippen LogP) is 4.24. The Hall–Kier alpha value is -2.99. The fraction of sp³-hybridized carbons (Fsp3) is 0.375. The van der Waals surface area contributed by atoms with Gasteiger partial charge in [-0.05, 0) is 56.5 Å². The Bertz CT molecular complexity index is 984. The van der Waals surface area contributed by atoms with E-state index in [-0.39, 0.29) is 0 Å². The first-order valence-electron chi connectivity index (χ1n) is 10.5. The van der Waals surface area contributed by atoms with Crippen molar-refractivity contribution in [1.29, 1.82) is 0 Å². The highest BCUT2D eigenvalue weighted by atomic mass is 16.5. The Kier molecular flexibility index (Phi) is 6.23. The molecule has 30 heavy (non-hydrogen) atoms. The molecule has 3 aromatic rings. The summed E-state index contributed by atoms with van der Waals surface area (Å²) in [7, 11) is 1.71. The van der Waals surface area contributed by atoms with E-state index >= 15 is 0 Å². The number of hydrogen-bond donors (Lipinski definition) is 1. The largest absolute Gasteiger partial charge is 0.497 e. The molecular formula is C24H29N5O. The molecule has 156 valence electrons. The predicted molar refractivity (Wildman–Crippen MR) is 120 cm³/mol. The van der Waals surface area contributed by atoms with Gasteiger partial charge in [0, 0.05) is 43.1 Å². The van der Waals surface area contributed by atoms with Gasteiger partial charge >= 0.3 is 0 Å². The number of ether oxygens (including phenoxy) is 1. The molecule has 0 amide bonds. The highest BCUT2D eigenvalue weighted by Gasteiger charge is 2.21. The standard InChI is InChI=1S/C24H29N5O/c1-17-18(2)26-24(22-9-4-5-12-25-22)28-23(17)27-20-10-13-29(14-11-20)16-19-7-6-8-21(15-19)30-3/h4-9,12,15,20H,10-11,13-14,16H2,1-3H3,(H,26,27,28). The molecule has 1 aromatic carbocycles. The minimum absolute atomic E-state index is 0.413. The van der Waals surface area contributed by atoms with Crippen LogP contribution < -0.4 is 10.1 Å². The second-order valence-electron chi connectivity index (χ2n) is 7.87. The zero-order chi connectivity index (χ0) is 20.9. The summed E-state index contributed by atoms with van der Waals surface area (Å²) in [6.45, 7) is 7.19. The van der Waals surface area contributed by atoms with Gasteiger partial charge in [-0.15, -0.1) is 0 Å². The summed E-state index contributed by atoms with van der Waals surface area (Å²) in [4.78, 5) is 16.3. The highest BCUT2D eigenvalue weighted by Crippen LogP contribution is 2.24. The van der Waals surface area contributed by atoms with Crippen molar-refractivity contribution < 1.29 is 4.74 Å². The van der Waals surface area contributed by atoms with Crippen LogP contribution in [0.2, 0.25) is 0 Å². The summed E-state index contributed by atoms with van der Waals surface area (Å²) in [5, 5.41) is 3.68. The van der Waals surface area contributed by atoms with E-state index in [1.54, 1.807) is 13.3 Å². The summed E-state index contributed by atoms with van der Waals surface area (Å²) in [5.41, 5.74) is 4.19. The van der Waals surface area contributed by atoms with Crippen LogP contribution in [0.5, 0.6) is 5.75 Å². The van der Waals surface area contributed by atoms with Gasteiger partial charge in [-0.2, -0.15) is 0 Å². The quantitative estimate of drug-likeness (QED) is 0.664. The minimum Gasteiger partial charge on any atom is -0.497 e. The zero-order valence-corrected chi connectivity index (χ0v) is 17.9. The lowest BCUT2D eigenvalue weighted by molar-refractivity contribution is 0.211. The molecule has 0 radical (unpaired) electrons. The average molecular weight is 404 g/mol. The molecule has 1 fully saturated rings. The van der Waals surface area contributed by atoms with Crippen molar-refractivity contribution in [3.05, 3.63) is 65.5 Å². The van der Waals surface area contributed by atoms with Crippen LogP contribution in [-0.4, -0.2) is 46.1 Å². The molecule has 1 aliphatic rings. The monoisotopic (exact) mass is 403 g/mol. The molecule has 0 spiro atoms. The second kappa shape index (κ2) is 9.22. The summed E-state index contributed by atoms with van der Waals surface area (Å²) >= 11 is 0.